The van der Waals surface area contributed by atoms with E-state index in [9.17, 15) is 22.4 Å². The number of carbonyl (C=O) groups excluding carboxylic acids is 2. The Balaban J connectivity index is 1.60. The molecule has 1 N–H and O–H groups in total. The first-order valence-corrected chi connectivity index (χ1v) is 17.4. The first-order chi connectivity index (χ1) is 21.0. The molecule has 0 saturated heterocycles. The zero-order valence-electron chi connectivity index (χ0n) is 24.7. The van der Waals surface area contributed by atoms with Crippen molar-refractivity contribution in [3.05, 3.63) is 99.8 Å². The van der Waals surface area contributed by atoms with E-state index in [1.807, 2.05) is 30.3 Å². The number of hydrogen-bond donors (Lipinski definition) is 1. The third-order valence-electron chi connectivity index (χ3n) is 7.82. The lowest BCUT2D eigenvalue weighted by Gasteiger charge is -2.34. The van der Waals surface area contributed by atoms with E-state index >= 15 is 0 Å². The minimum Gasteiger partial charge on any atom is -0.352 e. The number of sulfonamides is 1. The summed E-state index contributed by atoms with van der Waals surface area (Å²) in [4.78, 5) is 29.4. The van der Waals surface area contributed by atoms with Gasteiger partial charge in [-0.25, -0.2) is 12.8 Å². The zero-order valence-corrected chi connectivity index (χ0v) is 27.1. The van der Waals surface area contributed by atoms with Crippen molar-refractivity contribution in [2.24, 2.45) is 0 Å². The fourth-order valence-corrected chi connectivity index (χ4v) is 6.95. The smallest absolute Gasteiger partial charge is 0.243 e. The molecular formula is C33H38Cl2FN3O4S. The third kappa shape index (κ3) is 9.68. The average molecular weight is 663 g/mol. The Morgan fingerprint density at radius 1 is 0.955 bits per heavy atom. The van der Waals surface area contributed by atoms with Gasteiger partial charge < -0.3 is 10.2 Å². The van der Waals surface area contributed by atoms with Gasteiger partial charge >= 0.3 is 0 Å². The van der Waals surface area contributed by atoms with Gasteiger partial charge in [0.15, 0.2) is 0 Å². The molecule has 0 spiro atoms. The molecule has 1 aliphatic rings. The van der Waals surface area contributed by atoms with Crippen LogP contribution in [-0.4, -0.2) is 50.0 Å². The van der Waals surface area contributed by atoms with Gasteiger partial charge in [0, 0.05) is 37.0 Å². The minimum absolute atomic E-state index is 0.0212. The lowest BCUT2D eigenvalue weighted by Crippen LogP contribution is -2.52. The molecule has 0 aliphatic heterocycles. The van der Waals surface area contributed by atoms with Crippen LogP contribution in [-0.2, 0) is 32.6 Å². The molecule has 4 rings (SSSR count). The number of nitrogens with zero attached hydrogens (tertiary/aromatic N) is 2. The second-order valence-electron chi connectivity index (χ2n) is 11.2. The maximum atomic E-state index is 14.0. The van der Waals surface area contributed by atoms with Crippen molar-refractivity contribution in [2.75, 3.05) is 17.1 Å². The van der Waals surface area contributed by atoms with Crippen molar-refractivity contribution in [3.63, 3.8) is 0 Å². The first kappa shape index (κ1) is 33.7. The second-order valence-corrected chi connectivity index (χ2v) is 14.0. The molecule has 1 unspecified atom stereocenters. The predicted molar refractivity (Wildman–Crippen MR) is 174 cm³/mol. The highest BCUT2D eigenvalue weighted by Crippen LogP contribution is 2.31. The van der Waals surface area contributed by atoms with E-state index < -0.39 is 21.9 Å². The SMILES string of the molecule is CS(=O)(=O)N(CCCC(=O)N(Cc1ccc(F)cc1)C(Cc1ccccc1)C(=O)NC1CCCCC1)c1cc(Cl)ccc1Cl. The first-order valence-electron chi connectivity index (χ1n) is 14.8. The molecule has 0 radical (unpaired) electrons. The molecule has 1 aliphatic carbocycles. The van der Waals surface area contributed by atoms with Crippen molar-refractivity contribution < 1.29 is 22.4 Å². The second kappa shape index (κ2) is 15.7. The van der Waals surface area contributed by atoms with Crippen LogP contribution in [0.15, 0.2) is 72.8 Å². The van der Waals surface area contributed by atoms with Crippen LogP contribution >= 0.6 is 23.2 Å². The van der Waals surface area contributed by atoms with Gasteiger partial charge in [-0.3, -0.25) is 13.9 Å². The van der Waals surface area contributed by atoms with E-state index in [2.05, 4.69) is 5.32 Å². The van der Waals surface area contributed by atoms with Crippen LogP contribution in [0.4, 0.5) is 10.1 Å². The largest absolute Gasteiger partial charge is 0.352 e. The monoisotopic (exact) mass is 661 g/mol. The maximum Gasteiger partial charge on any atom is 0.243 e. The van der Waals surface area contributed by atoms with E-state index in [4.69, 9.17) is 23.2 Å². The Hall–Kier alpha value is -3.14. The van der Waals surface area contributed by atoms with E-state index in [1.54, 1.807) is 18.2 Å². The number of hydrogen-bond acceptors (Lipinski definition) is 4. The molecule has 236 valence electrons. The van der Waals surface area contributed by atoms with Crippen molar-refractivity contribution in [2.45, 2.75) is 70.0 Å². The summed E-state index contributed by atoms with van der Waals surface area (Å²) in [7, 11) is -3.75. The third-order valence-corrected chi connectivity index (χ3v) is 9.55. The Morgan fingerprint density at radius 2 is 1.64 bits per heavy atom. The Bertz CT molecular complexity index is 1520. The van der Waals surface area contributed by atoms with Gasteiger partial charge in [0.2, 0.25) is 21.8 Å². The molecule has 1 fully saturated rings. The van der Waals surface area contributed by atoms with Gasteiger partial charge in [-0.05, 0) is 60.7 Å². The summed E-state index contributed by atoms with van der Waals surface area (Å²) in [6.07, 6.45) is 6.49. The highest BCUT2D eigenvalue weighted by atomic mass is 35.5. The van der Waals surface area contributed by atoms with E-state index in [-0.39, 0.29) is 54.5 Å². The molecule has 0 heterocycles. The summed E-state index contributed by atoms with van der Waals surface area (Å²) >= 11 is 12.4. The van der Waals surface area contributed by atoms with Gasteiger partial charge in [-0.2, -0.15) is 0 Å². The van der Waals surface area contributed by atoms with Gasteiger partial charge in [0.25, 0.3) is 0 Å². The molecule has 44 heavy (non-hydrogen) atoms. The van der Waals surface area contributed by atoms with Crippen LogP contribution in [0.5, 0.6) is 0 Å². The summed E-state index contributed by atoms with van der Waals surface area (Å²) in [5.74, 6) is -0.956. The normalized spacial score (nSPS) is 14.5. The molecule has 11 heteroatoms. The van der Waals surface area contributed by atoms with Crippen LogP contribution < -0.4 is 9.62 Å². The number of benzene rings is 3. The number of nitrogens with one attached hydrogen (secondary N) is 1. The number of amides is 2. The summed E-state index contributed by atoms with van der Waals surface area (Å²) in [6.45, 7) is 0.0667. The summed E-state index contributed by atoms with van der Waals surface area (Å²) in [6, 6.07) is 19.1. The van der Waals surface area contributed by atoms with Crippen LogP contribution in [0.1, 0.15) is 56.1 Å². The van der Waals surface area contributed by atoms with Gasteiger partial charge in [-0.15, -0.1) is 0 Å². The average Bonchev–Trinajstić information content (AvgIpc) is 2.99. The molecule has 3 aromatic rings. The molecule has 1 atom stereocenters. The summed E-state index contributed by atoms with van der Waals surface area (Å²) in [5, 5.41) is 3.73. The Morgan fingerprint density at radius 3 is 2.30 bits per heavy atom. The quantitative estimate of drug-likeness (QED) is 0.219. The number of halogens is 3. The predicted octanol–water partition coefficient (Wildman–Crippen LogP) is 6.77. The standard InChI is InChI=1S/C33H38Cl2FN3O4S/c1-44(42,43)39(30-22-26(34)16-19-29(30)35)20-8-13-32(40)38(23-25-14-17-27(36)18-15-25)31(21-24-9-4-2-5-10-24)33(41)37-28-11-6-3-7-12-28/h2,4-5,9-10,14-19,22,28,31H,3,6-8,11-13,20-21,23H2,1H3,(H,37,41). The van der Waals surface area contributed by atoms with E-state index in [0.717, 1.165) is 48.2 Å². The number of rotatable bonds is 13. The Labute approximate surface area is 269 Å². The number of carbonyl (C=O) groups is 2. The fourth-order valence-electron chi connectivity index (χ4n) is 5.54. The molecule has 1 saturated carbocycles. The lowest BCUT2D eigenvalue weighted by molar-refractivity contribution is -0.141. The van der Waals surface area contributed by atoms with Crippen molar-refractivity contribution in [1.29, 1.82) is 0 Å². The van der Waals surface area contributed by atoms with Crippen molar-refractivity contribution in [1.82, 2.24) is 10.2 Å². The van der Waals surface area contributed by atoms with Crippen LogP contribution in [0, 0.1) is 5.82 Å². The Kier molecular flexibility index (Phi) is 12.1. The highest BCUT2D eigenvalue weighted by molar-refractivity contribution is 7.92. The van der Waals surface area contributed by atoms with Crippen molar-refractivity contribution >= 4 is 50.7 Å². The van der Waals surface area contributed by atoms with Crippen LogP contribution in [0.3, 0.4) is 0 Å². The topological polar surface area (TPSA) is 86.8 Å². The molecule has 0 bridgehead atoms. The van der Waals surface area contributed by atoms with E-state index in [0.29, 0.717) is 17.0 Å². The van der Waals surface area contributed by atoms with Crippen molar-refractivity contribution in [3.8, 4) is 0 Å². The minimum atomic E-state index is -3.75. The van der Waals surface area contributed by atoms with Gasteiger partial charge in [0.1, 0.15) is 11.9 Å². The molecule has 0 aromatic heterocycles. The molecule has 7 nitrogen and oxygen atoms in total. The summed E-state index contributed by atoms with van der Waals surface area (Å²) in [5.41, 5.74) is 1.80. The van der Waals surface area contributed by atoms with Gasteiger partial charge in [-0.1, -0.05) is 84.9 Å². The highest BCUT2D eigenvalue weighted by Gasteiger charge is 2.32. The van der Waals surface area contributed by atoms with E-state index in [1.165, 1.54) is 29.2 Å². The summed E-state index contributed by atoms with van der Waals surface area (Å²) < 4.78 is 40.3. The molecule has 2 amide bonds. The molecule has 3 aromatic carbocycles. The number of anilines is 1. The maximum absolute atomic E-state index is 14.0. The molecular weight excluding hydrogens is 624 g/mol. The zero-order chi connectivity index (χ0) is 31.7. The van der Waals surface area contributed by atoms with Gasteiger partial charge in [0.05, 0.1) is 17.0 Å². The fraction of sp³-hybridized carbons (Fsp3) is 0.394. The van der Waals surface area contributed by atoms with Crippen LogP contribution in [0.25, 0.3) is 0 Å². The van der Waals surface area contributed by atoms with Crippen LogP contribution in [0.2, 0.25) is 10.0 Å². The lowest BCUT2D eigenvalue weighted by atomic mass is 9.94.